The van der Waals surface area contributed by atoms with Crippen LogP contribution in [0.25, 0.3) is 16.8 Å². The van der Waals surface area contributed by atoms with Crippen molar-refractivity contribution in [1.82, 2.24) is 10.6 Å². The molecule has 0 fully saturated rings. The lowest BCUT2D eigenvalue weighted by molar-refractivity contribution is -0.117. The monoisotopic (exact) mass is 538 g/mol. The van der Waals surface area contributed by atoms with Crippen molar-refractivity contribution < 1.29 is 24.2 Å². The fraction of sp³-hybridized carbons (Fsp3) is 0.212. The van der Waals surface area contributed by atoms with Crippen molar-refractivity contribution >= 4 is 28.7 Å². The van der Waals surface area contributed by atoms with Gasteiger partial charge in [0.1, 0.15) is 17.2 Å². The summed E-state index contributed by atoms with van der Waals surface area (Å²) in [6.07, 6.45) is 2.38. The molecule has 40 heavy (non-hydrogen) atoms. The highest BCUT2D eigenvalue weighted by Crippen LogP contribution is 2.18. The van der Waals surface area contributed by atoms with Crippen LogP contribution in [-0.4, -0.2) is 42.8 Å². The fourth-order valence-electron chi connectivity index (χ4n) is 4.08. The summed E-state index contributed by atoms with van der Waals surface area (Å²) in [7, 11) is 0. The van der Waals surface area contributed by atoms with Crippen LogP contribution in [0, 0.1) is 0 Å². The van der Waals surface area contributed by atoms with E-state index in [0.717, 1.165) is 6.42 Å². The van der Waals surface area contributed by atoms with Crippen molar-refractivity contribution in [3.05, 3.63) is 113 Å². The standard InChI is InChI=1S/C33H34N2O5/c1-23(2)40-30-13-8-24(9-14-30)22-31(33(38)34-18-19-36)35-32(37)27-11-15-29(16-12-27)39-20-17-25-7-10-26-5-3-4-6-28(26)21-25/h3-16,21-23,36H,17-20H2,1-2H3,(H,34,38)(H,35,37). The highest BCUT2D eigenvalue weighted by molar-refractivity contribution is 6.05. The lowest BCUT2D eigenvalue weighted by Gasteiger charge is -2.12. The predicted octanol–water partition coefficient (Wildman–Crippen LogP) is 5.13. The van der Waals surface area contributed by atoms with Gasteiger partial charge in [-0.2, -0.15) is 0 Å². The minimum atomic E-state index is -0.501. The first-order valence-corrected chi connectivity index (χ1v) is 13.3. The van der Waals surface area contributed by atoms with Gasteiger partial charge in [0.2, 0.25) is 0 Å². The maximum absolute atomic E-state index is 13.0. The van der Waals surface area contributed by atoms with Gasteiger partial charge in [0.25, 0.3) is 11.8 Å². The molecule has 0 saturated heterocycles. The number of carbonyl (C=O) groups excluding carboxylic acids is 2. The van der Waals surface area contributed by atoms with E-state index in [2.05, 4.69) is 41.0 Å². The van der Waals surface area contributed by atoms with Gasteiger partial charge in [-0.3, -0.25) is 9.59 Å². The number of rotatable bonds is 12. The summed E-state index contributed by atoms with van der Waals surface area (Å²) >= 11 is 0. The largest absolute Gasteiger partial charge is 0.493 e. The molecule has 4 rings (SSSR count). The Hall–Kier alpha value is -4.62. The van der Waals surface area contributed by atoms with Crippen molar-refractivity contribution in [3.63, 3.8) is 0 Å². The van der Waals surface area contributed by atoms with Gasteiger partial charge in [0.15, 0.2) is 0 Å². The van der Waals surface area contributed by atoms with E-state index in [1.54, 1.807) is 54.6 Å². The average molecular weight is 539 g/mol. The summed E-state index contributed by atoms with van der Waals surface area (Å²) in [6, 6.07) is 28.6. The third-order valence-electron chi connectivity index (χ3n) is 6.04. The summed E-state index contributed by atoms with van der Waals surface area (Å²) in [5.74, 6) is 0.422. The first kappa shape index (κ1) is 28.4. The molecular weight excluding hydrogens is 504 g/mol. The van der Waals surface area contributed by atoms with Crippen LogP contribution in [0.4, 0.5) is 0 Å². The van der Waals surface area contributed by atoms with Crippen molar-refractivity contribution in [2.24, 2.45) is 0 Å². The van der Waals surface area contributed by atoms with E-state index >= 15 is 0 Å². The van der Waals surface area contributed by atoms with Gasteiger partial charge in [-0.25, -0.2) is 0 Å². The molecule has 2 amide bonds. The van der Waals surface area contributed by atoms with E-state index in [1.165, 1.54) is 16.3 Å². The van der Waals surface area contributed by atoms with Gasteiger partial charge in [0.05, 0.1) is 19.3 Å². The third-order valence-corrected chi connectivity index (χ3v) is 6.04. The van der Waals surface area contributed by atoms with E-state index in [0.29, 0.717) is 29.2 Å². The number of aliphatic hydroxyl groups excluding tert-OH is 1. The molecule has 0 radical (unpaired) electrons. The lowest BCUT2D eigenvalue weighted by atomic mass is 10.1. The normalized spacial score (nSPS) is 11.3. The number of benzene rings is 4. The minimum Gasteiger partial charge on any atom is -0.493 e. The molecule has 0 aliphatic rings. The van der Waals surface area contributed by atoms with E-state index in [-0.39, 0.29) is 25.0 Å². The van der Waals surface area contributed by atoms with Crippen LogP contribution in [0.15, 0.2) is 96.7 Å². The number of amides is 2. The molecule has 206 valence electrons. The number of carbonyl (C=O) groups is 2. The Morgan fingerprint density at radius 1 is 0.875 bits per heavy atom. The highest BCUT2D eigenvalue weighted by Gasteiger charge is 2.15. The maximum atomic E-state index is 13.0. The van der Waals surface area contributed by atoms with Gasteiger partial charge < -0.3 is 25.2 Å². The first-order valence-electron chi connectivity index (χ1n) is 13.3. The Labute approximate surface area is 234 Å². The molecule has 0 spiro atoms. The molecule has 0 heterocycles. The first-order chi connectivity index (χ1) is 19.4. The molecule has 0 aromatic heterocycles. The Balaban J connectivity index is 1.37. The molecule has 0 aliphatic carbocycles. The van der Waals surface area contributed by atoms with Crippen molar-refractivity contribution in [2.45, 2.75) is 26.4 Å². The molecular formula is C33H34N2O5. The molecule has 3 N–H and O–H groups in total. The van der Waals surface area contributed by atoms with Crippen LogP contribution in [0.3, 0.4) is 0 Å². The number of fused-ring (bicyclic) bond motifs is 1. The van der Waals surface area contributed by atoms with Crippen LogP contribution in [0.2, 0.25) is 0 Å². The molecule has 0 unspecified atom stereocenters. The number of aliphatic hydroxyl groups is 1. The number of ether oxygens (including phenoxy) is 2. The van der Waals surface area contributed by atoms with E-state index in [4.69, 9.17) is 14.6 Å². The summed E-state index contributed by atoms with van der Waals surface area (Å²) in [5.41, 5.74) is 2.34. The van der Waals surface area contributed by atoms with Crippen LogP contribution in [0.1, 0.15) is 35.3 Å². The average Bonchev–Trinajstić information content (AvgIpc) is 2.96. The van der Waals surface area contributed by atoms with E-state index < -0.39 is 11.8 Å². The molecule has 0 saturated carbocycles. The maximum Gasteiger partial charge on any atom is 0.267 e. The van der Waals surface area contributed by atoms with E-state index in [9.17, 15) is 9.59 Å². The minimum absolute atomic E-state index is 0.0434. The SMILES string of the molecule is CC(C)Oc1ccc(C=C(NC(=O)c2ccc(OCCc3ccc4ccccc4c3)cc2)C(=O)NCCO)cc1. The smallest absolute Gasteiger partial charge is 0.267 e. The zero-order valence-electron chi connectivity index (χ0n) is 22.7. The second-order valence-corrected chi connectivity index (χ2v) is 9.53. The van der Waals surface area contributed by atoms with Crippen molar-refractivity contribution in [1.29, 1.82) is 0 Å². The molecule has 0 bridgehead atoms. The van der Waals surface area contributed by atoms with Crippen LogP contribution in [-0.2, 0) is 11.2 Å². The Kier molecular flexibility index (Phi) is 9.91. The molecule has 4 aromatic rings. The van der Waals surface area contributed by atoms with Gasteiger partial charge in [-0.15, -0.1) is 0 Å². The Morgan fingerprint density at radius 2 is 1.57 bits per heavy atom. The zero-order chi connectivity index (χ0) is 28.3. The van der Waals surface area contributed by atoms with Crippen LogP contribution < -0.4 is 20.1 Å². The van der Waals surface area contributed by atoms with Gasteiger partial charge in [-0.1, -0.05) is 54.6 Å². The second kappa shape index (κ2) is 14.0. The Bertz CT molecular complexity index is 1460. The third kappa shape index (κ3) is 8.19. The number of hydrogen-bond acceptors (Lipinski definition) is 5. The fourth-order valence-corrected chi connectivity index (χ4v) is 4.08. The molecule has 0 atom stereocenters. The summed E-state index contributed by atoms with van der Waals surface area (Å²) in [5, 5.41) is 16.8. The van der Waals surface area contributed by atoms with Crippen LogP contribution in [0.5, 0.6) is 11.5 Å². The van der Waals surface area contributed by atoms with Crippen LogP contribution >= 0.6 is 0 Å². The summed E-state index contributed by atoms with van der Waals surface area (Å²) < 4.78 is 11.6. The Morgan fingerprint density at radius 3 is 2.27 bits per heavy atom. The predicted molar refractivity (Wildman–Crippen MR) is 157 cm³/mol. The summed E-state index contributed by atoms with van der Waals surface area (Å²) in [6.45, 7) is 4.24. The van der Waals surface area contributed by atoms with Gasteiger partial charge >= 0.3 is 0 Å². The summed E-state index contributed by atoms with van der Waals surface area (Å²) in [4.78, 5) is 25.7. The second-order valence-electron chi connectivity index (χ2n) is 9.53. The molecule has 0 aliphatic heterocycles. The van der Waals surface area contributed by atoms with Crippen molar-refractivity contribution in [2.75, 3.05) is 19.8 Å². The van der Waals surface area contributed by atoms with Gasteiger partial charge in [-0.05, 0) is 78.2 Å². The molecule has 7 heteroatoms. The molecule has 7 nitrogen and oxygen atoms in total. The van der Waals surface area contributed by atoms with Gasteiger partial charge in [0, 0.05) is 18.5 Å². The lowest BCUT2D eigenvalue weighted by Crippen LogP contribution is -2.36. The van der Waals surface area contributed by atoms with E-state index in [1.807, 2.05) is 26.0 Å². The highest BCUT2D eigenvalue weighted by atomic mass is 16.5. The zero-order valence-corrected chi connectivity index (χ0v) is 22.7. The quantitative estimate of drug-likeness (QED) is 0.217. The topological polar surface area (TPSA) is 96.9 Å². The molecule has 4 aromatic carbocycles. The number of hydrogen-bond donors (Lipinski definition) is 3. The van der Waals surface area contributed by atoms with Crippen molar-refractivity contribution in [3.8, 4) is 11.5 Å². The number of nitrogens with one attached hydrogen (secondary N) is 2.